The number of amides is 1. The summed E-state index contributed by atoms with van der Waals surface area (Å²) in [6, 6.07) is 0.378. The zero-order valence-corrected chi connectivity index (χ0v) is 29.4. The van der Waals surface area contributed by atoms with Gasteiger partial charge >= 0.3 is 12.1 Å². The van der Waals surface area contributed by atoms with Crippen LogP contribution in [0, 0.1) is 11.8 Å². The van der Waals surface area contributed by atoms with Gasteiger partial charge in [0, 0.05) is 63.3 Å². The van der Waals surface area contributed by atoms with Crippen LogP contribution in [0.15, 0.2) is 36.0 Å². The number of hydrogen-bond acceptors (Lipinski definition) is 10. The lowest BCUT2D eigenvalue weighted by atomic mass is 9.89. The number of rotatable bonds is 10. The van der Waals surface area contributed by atoms with E-state index in [-0.39, 0.29) is 42.5 Å². The molecule has 0 saturated carbocycles. The maximum Gasteiger partial charge on any atom is 0.410 e. The molecule has 0 spiro atoms. The standard InChI is InChI=1S/C36H56N2O9/c1-9-28(40)26(6)33-29(45-33)22-35(7,43)15-10-11-24(4)32-25(5)12-13-30(36(8,44)16-14-27(39)21-31(41)47-32)46-34(42)38-19-17-37(18-20-38)23(2)3/h10-13,15,23,25-26,29-30,32-33,43-44H,9,14,16-22H2,1-8H3. The highest BCUT2D eigenvalue weighted by atomic mass is 16.6. The maximum absolute atomic E-state index is 13.2. The van der Waals surface area contributed by atoms with Crippen LogP contribution >= 0.6 is 0 Å². The van der Waals surface area contributed by atoms with E-state index in [9.17, 15) is 29.4 Å². The highest BCUT2D eigenvalue weighted by Gasteiger charge is 2.47. The van der Waals surface area contributed by atoms with Gasteiger partial charge in [-0.1, -0.05) is 45.1 Å². The first-order valence-electron chi connectivity index (χ1n) is 17.0. The van der Waals surface area contributed by atoms with Crippen LogP contribution in [0.3, 0.4) is 0 Å². The van der Waals surface area contributed by atoms with Gasteiger partial charge in [-0.25, -0.2) is 4.79 Å². The Kier molecular flexibility index (Phi) is 13.5. The van der Waals surface area contributed by atoms with Gasteiger partial charge in [0.2, 0.25) is 0 Å². The zero-order valence-electron chi connectivity index (χ0n) is 29.4. The topological polar surface area (TPSA) is 146 Å². The molecule has 3 heterocycles. The zero-order chi connectivity index (χ0) is 35.1. The third kappa shape index (κ3) is 11.4. The number of piperazine rings is 1. The molecular formula is C36H56N2O9. The average Bonchev–Trinajstić information content (AvgIpc) is 3.77. The fourth-order valence-electron chi connectivity index (χ4n) is 6.18. The molecule has 47 heavy (non-hydrogen) atoms. The minimum absolute atomic E-state index is 0.00442. The molecule has 0 radical (unpaired) electrons. The molecule has 2 N–H and O–H groups in total. The molecule has 8 unspecified atom stereocenters. The minimum Gasteiger partial charge on any atom is -0.457 e. The molecule has 0 aromatic rings. The Labute approximate surface area is 280 Å². The molecule has 3 aliphatic heterocycles. The van der Waals surface area contributed by atoms with Gasteiger partial charge in [-0.15, -0.1) is 0 Å². The van der Waals surface area contributed by atoms with Crippen molar-refractivity contribution < 1.29 is 43.6 Å². The smallest absolute Gasteiger partial charge is 0.410 e. The van der Waals surface area contributed by atoms with E-state index < -0.39 is 47.8 Å². The Morgan fingerprint density at radius 1 is 1.17 bits per heavy atom. The van der Waals surface area contributed by atoms with Crippen LogP contribution in [-0.2, 0) is 28.6 Å². The summed E-state index contributed by atoms with van der Waals surface area (Å²) in [5, 5.41) is 22.3. The van der Waals surface area contributed by atoms with Crippen LogP contribution in [0.25, 0.3) is 0 Å². The highest BCUT2D eigenvalue weighted by Crippen LogP contribution is 2.36. The van der Waals surface area contributed by atoms with Gasteiger partial charge in [-0.2, -0.15) is 0 Å². The van der Waals surface area contributed by atoms with Crippen molar-refractivity contribution in [3.8, 4) is 0 Å². The number of nitrogens with zero attached hydrogens (tertiary/aromatic N) is 2. The summed E-state index contributed by atoms with van der Waals surface area (Å²) < 4.78 is 17.3. The van der Waals surface area contributed by atoms with E-state index in [1.807, 2.05) is 20.8 Å². The number of Topliss-reactive ketones (excluding diaryl/α,β-unsaturated/α-hetero) is 2. The summed E-state index contributed by atoms with van der Waals surface area (Å²) in [5.74, 6) is -1.54. The molecule has 0 aromatic carbocycles. The molecule has 2 fully saturated rings. The van der Waals surface area contributed by atoms with Crippen LogP contribution in [0.5, 0.6) is 0 Å². The van der Waals surface area contributed by atoms with E-state index in [0.29, 0.717) is 37.5 Å². The van der Waals surface area contributed by atoms with Gasteiger partial charge in [-0.05, 0) is 52.7 Å². The lowest BCUT2D eigenvalue weighted by Gasteiger charge is -2.38. The normalized spacial score (nSPS) is 31.9. The van der Waals surface area contributed by atoms with E-state index >= 15 is 0 Å². The van der Waals surface area contributed by atoms with Gasteiger partial charge in [-0.3, -0.25) is 19.3 Å². The quantitative estimate of drug-likeness (QED) is 0.115. The van der Waals surface area contributed by atoms with Crippen LogP contribution in [0.4, 0.5) is 4.79 Å². The number of cyclic esters (lactones) is 1. The monoisotopic (exact) mass is 660 g/mol. The number of ketones is 2. The van der Waals surface area contributed by atoms with E-state index in [4.69, 9.17) is 14.2 Å². The van der Waals surface area contributed by atoms with Crippen molar-refractivity contribution in [3.63, 3.8) is 0 Å². The number of epoxide rings is 1. The summed E-state index contributed by atoms with van der Waals surface area (Å²) in [5.41, 5.74) is -2.08. The summed E-state index contributed by atoms with van der Waals surface area (Å²) >= 11 is 0. The van der Waals surface area contributed by atoms with Crippen molar-refractivity contribution in [1.82, 2.24) is 9.80 Å². The predicted octanol–water partition coefficient (Wildman–Crippen LogP) is 4.15. The van der Waals surface area contributed by atoms with Crippen molar-refractivity contribution in [2.24, 2.45) is 11.8 Å². The summed E-state index contributed by atoms with van der Waals surface area (Å²) in [6.45, 7) is 17.2. The summed E-state index contributed by atoms with van der Waals surface area (Å²) in [4.78, 5) is 54.6. The molecule has 3 aliphatic rings. The Morgan fingerprint density at radius 2 is 1.83 bits per heavy atom. The molecule has 3 rings (SSSR count). The number of ether oxygens (including phenoxy) is 3. The third-order valence-corrected chi connectivity index (χ3v) is 9.57. The van der Waals surface area contributed by atoms with E-state index in [1.54, 1.807) is 49.1 Å². The van der Waals surface area contributed by atoms with Gasteiger partial charge in [0.15, 0.2) is 6.10 Å². The molecule has 11 nitrogen and oxygen atoms in total. The molecule has 1 amide bonds. The Hall–Kier alpha value is -2.86. The number of esters is 1. The van der Waals surface area contributed by atoms with Crippen LogP contribution in [-0.4, -0.2) is 111 Å². The van der Waals surface area contributed by atoms with Gasteiger partial charge < -0.3 is 29.3 Å². The van der Waals surface area contributed by atoms with Crippen molar-refractivity contribution in [2.75, 3.05) is 26.2 Å². The minimum atomic E-state index is -1.55. The number of aliphatic hydroxyl groups is 2. The van der Waals surface area contributed by atoms with Crippen molar-refractivity contribution >= 4 is 23.6 Å². The van der Waals surface area contributed by atoms with E-state index in [1.165, 1.54) is 6.92 Å². The lowest BCUT2D eigenvalue weighted by molar-refractivity contribution is -0.151. The third-order valence-electron chi connectivity index (χ3n) is 9.57. The van der Waals surface area contributed by atoms with Crippen LogP contribution < -0.4 is 0 Å². The van der Waals surface area contributed by atoms with Crippen LogP contribution in [0.1, 0.15) is 87.5 Å². The first-order chi connectivity index (χ1) is 21.9. The number of carbonyl (C=O) groups is 4. The lowest BCUT2D eigenvalue weighted by Crippen LogP contribution is -2.52. The molecule has 0 aromatic heterocycles. The molecule has 0 aliphatic carbocycles. The summed E-state index contributed by atoms with van der Waals surface area (Å²) in [7, 11) is 0. The second-order valence-corrected chi connectivity index (χ2v) is 14.2. The molecule has 0 bridgehead atoms. The number of carbonyl (C=O) groups excluding carboxylic acids is 4. The number of allylic oxidation sites excluding steroid dienone is 2. The Bertz CT molecular complexity index is 1210. The predicted molar refractivity (Wildman–Crippen MR) is 177 cm³/mol. The van der Waals surface area contributed by atoms with E-state index in [2.05, 4.69) is 18.7 Å². The molecule has 2 saturated heterocycles. The number of hydrogen-bond donors (Lipinski definition) is 2. The summed E-state index contributed by atoms with van der Waals surface area (Å²) in [6.07, 6.45) is 5.97. The molecule has 11 heteroatoms. The second kappa shape index (κ2) is 16.5. The van der Waals surface area contributed by atoms with Crippen molar-refractivity contribution in [1.29, 1.82) is 0 Å². The SMILES string of the molecule is CCC(=O)C(C)C1OC1CC(C)(O)C=CC=C(C)C1OC(=O)CC(=O)CCC(C)(O)C(OC(=O)N2CCN(C(C)C)CC2)C=CC1C. The average molecular weight is 661 g/mol. The largest absolute Gasteiger partial charge is 0.457 e. The maximum atomic E-state index is 13.2. The first-order valence-corrected chi connectivity index (χ1v) is 17.0. The van der Waals surface area contributed by atoms with Crippen LogP contribution in [0.2, 0.25) is 0 Å². The Morgan fingerprint density at radius 3 is 2.45 bits per heavy atom. The van der Waals surface area contributed by atoms with Crippen molar-refractivity contribution in [2.45, 2.75) is 129 Å². The van der Waals surface area contributed by atoms with E-state index in [0.717, 1.165) is 13.1 Å². The Balaban J connectivity index is 1.74. The fraction of sp³-hybridized carbons (Fsp3) is 0.722. The molecule has 8 atom stereocenters. The highest BCUT2D eigenvalue weighted by molar-refractivity contribution is 5.95. The van der Waals surface area contributed by atoms with Gasteiger partial charge in [0.05, 0.1) is 17.8 Å². The van der Waals surface area contributed by atoms with Gasteiger partial charge in [0.1, 0.15) is 29.7 Å². The van der Waals surface area contributed by atoms with Crippen molar-refractivity contribution in [3.05, 3.63) is 36.0 Å². The molecular weight excluding hydrogens is 604 g/mol. The first kappa shape index (κ1) is 38.6. The van der Waals surface area contributed by atoms with Gasteiger partial charge in [0.25, 0.3) is 0 Å². The molecule has 264 valence electrons. The fourth-order valence-corrected chi connectivity index (χ4v) is 6.18. The second-order valence-electron chi connectivity index (χ2n) is 14.2.